The van der Waals surface area contributed by atoms with Crippen molar-refractivity contribution in [3.05, 3.63) is 53.2 Å². The standard InChI is InChI=1S/C12H13ClN2O/c1-14-10(11-4-5-12(13)16-11)7-9-3-2-6-15-8-9/h2-6,8,10,14H,7H2,1H3. The van der Waals surface area contributed by atoms with Crippen LogP contribution in [-0.4, -0.2) is 12.0 Å². The molecule has 16 heavy (non-hydrogen) atoms. The van der Waals surface area contributed by atoms with Gasteiger partial charge in [0.1, 0.15) is 5.76 Å². The number of likely N-dealkylation sites (N-methyl/N-ethyl adjacent to an activating group) is 1. The fourth-order valence-corrected chi connectivity index (χ4v) is 1.77. The molecule has 0 aliphatic carbocycles. The Bertz CT molecular complexity index is 441. The van der Waals surface area contributed by atoms with Crippen LogP contribution < -0.4 is 5.32 Å². The van der Waals surface area contributed by atoms with Gasteiger partial charge in [0.05, 0.1) is 6.04 Å². The molecule has 2 aromatic rings. The molecule has 3 nitrogen and oxygen atoms in total. The molecule has 2 rings (SSSR count). The average molecular weight is 237 g/mol. The van der Waals surface area contributed by atoms with Gasteiger partial charge in [-0.2, -0.15) is 0 Å². The number of aromatic nitrogens is 1. The van der Waals surface area contributed by atoms with Crippen LogP contribution in [0.25, 0.3) is 0 Å². The van der Waals surface area contributed by atoms with Gasteiger partial charge < -0.3 is 9.73 Å². The lowest BCUT2D eigenvalue weighted by molar-refractivity contribution is 0.430. The van der Waals surface area contributed by atoms with E-state index in [1.165, 1.54) is 0 Å². The predicted octanol–water partition coefficient (Wildman–Crippen LogP) is 2.83. The summed E-state index contributed by atoms with van der Waals surface area (Å²) in [5.74, 6) is 0.844. The van der Waals surface area contributed by atoms with Gasteiger partial charge in [-0.25, -0.2) is 0 Å². The van der Waals surface area contributed by atoms with Gasteiger partial charge in [0.25, 0.3) is 0 Å². The second-order valence-electron chi connectivity index (χ2n) is 3.55. The van der Waals surface area contributed by atoms with Crippen molar-refractivity contribution in [3.8, 4) is 0 Å². The first kappa shape index (κ1) is 11.2. The number of halogens is 1. The molecular weight excluding hydrogens is 224 g/mol. The molecule has 1 unspecified atom stereocenters. The Labute approximate surface area is 99.5 Å². The minimum Gasteiger partial charge on any atom is -0.448 e. The van der Waals surface area contributed by atoms with Gasteiger partial charge in [0.15, 0.2) is 5.22 Å². The number of nitrogens with zero attached hydrogens (tertiary/aromatic N) is 1. The van der Waals surface area contributed by atoms with Gasteiger partial charge in [0, 0.05) is 12.4 Å². The Kier molecular flexibility index (Phi) is 3.59. The molecular formula is C12H13ClN2O. The van der Waals surface area contributed by atoms with E-state index in [4.69, 9.17) is 16.0 Å². The van der Waals surface area contributed by atoms with Crippen LogP contribution in [0.3, 0.4) is 0 Å². The molecule has 0 aliphatic heterocycles. The average Bonchev–Trinajstić information content (AvgIpc) is 2.74. The quantitative estimate of drug-likeness (QED) is 0.887. The number of nitrogens with one attached hydrogen (secondary N) is 1. The van der Waals surface area contributed by atoms with Crippen LogP contribution >= 0.6 is 11.6 Å². The number of furan rings is 1. The molecule has 0 bridgehead atoms. The second kappa shape index (κ2) is 5.14. The van der Waals surface area contributed by atoms with Crippen molar-refractivity contribution in [2.75, 3.05) is 7.05 Å². The van der Waals surface area contributed by atoms with E-state index in [-0.39, 0.29) is 6.04 Å². The van der Waals surface area contributed by atoms with Gasteiger partial charge in [-0.05, 0) is 48.8 Å². The summed E-state index contributed by atoms with van der Waals surface area (Å²) in [6, 6.07) is 7.74. The second-order valence-corrected chi connectivity index (χ2v) is 3.92. The summed E-state index contributed by atoms with van der Waals surface area (Å²) in [5.41, 5.74) is 1.16. The van der Waals surface area contributed by atoms with Crippen LogP contribution in [0.2, 0.25) is 5.22 Å². The summed E-state index contributed by atoms with van der Waals surface area (Å²) in [4.78, 5) is 4.09. The highest BCUT2D eigenvalue weighted by molar-refractivity contribution is 6.28. The maximum Gasteiger partial charge on any atom is 0.193 e. The molecule has 84 valence electrons. The molecule has 0 saturated carbocycles. The number of hydrogen-bond donors (Lipinski definition) is 1. The van der Waals surface area contributed by atoms with Crippen molar-refractivity contribution in [2.24, 2.45) is 0 Å². The van der Waals surface area contributed by atoms with Gasteiger partial charge in [-0.3, -0.25) is 4.98 Å². The Morgan fingerprint density at radius 1 is 1.44 bits per heavy atom. The third kappa shape index (κ3) is 2.62. The van der Waals surface area contributed by atoms with E-state index in [1.54, 1.807) is 12.3 Å². The minimum absolute atomic E-state index is 0.122. The number of hydrogen-bond acceptors (Lipinski definition) is 3. The van der Waals surface area contributed by atoms with Crippen LogP contribution in [0.15, 0.2) is 41.1 Å². The highest BCUT2D eigenvalue weighted by Crippen LogP contribution is 2.22. The van der Waals surface area contributed by atoms with Crippen molar-refractivity contribution in [1.82, 2.24) is 10.3 Å². The molecule has 0 aromatic carbocycles. The lowest BCUT2D eigenvalue weighted by atomic mass is 10.1. The van der Waals surface area contributed by atoms with E-state index in [1.807, 2.05) is 31.4 Å². The third-order valence-electron chi connectivity index (χ3n) is 2.45. The van der Waals surface area contributed by atoms with Crippen molar-refractivity contribution >= 4 is 11.6 Å². The number of pyridine rings is 1. The zero-order valence-corrected chi connectivity index (χ0v) is 9.74. The first-order valence-electron chi connectivity index (χ1n) is 5.11. The lowest BCUT2D eigenvalue weighted by Gasteiger charge is -2.13. The van der Waals surface area contributed by atoms with Gasteiger partial charge in [-0.15, -0.1) is 0 Å². The highest BCUT2D eigenvalue weighted by atomic mass is 35.5. The lowest BCUT2D eigenvalue weighted by Crippen LogP contribution is -2.18. The Balaban J connectivity index is 2.12. The van der Waals surface area contributed by atoms with Crippen LogP contribution in [0.5, 0.6) is 0 Å². The van der Waals surface area contributed by atoms with E-state index in [9.17, 15) is 0 Å². The molecule has 4 heteroatoms. The largest absolute Gasteiger partial charge is 0.448 e. The van der Waals surface area contributed by atoms with Gasteiger partial charge in [0.2, 0.25) is 0 Å². The molecule has 2 heterocycles. The maximum absolute atomic E-state index is 5.76. The summed E-state index contributed by atoms with van der Waals surface area (Å²) in [5, 5.41) is 3.62. The van der Waals surface area contributed by atoms with Crippen LogP contribution in [-0.2, 0) is 6.42 Å². The third-order valence-corrected chi connectivity index (χ3v) is 2.65. The maximum atomic E-state index is 5.76. The molecule has 1 atom stereocenters. The summed E-state index contributed by atoms with van der Waals surface area (Å²) in [6.45, 7) is 0. The molecule has 0 spiro atoms. The molecule has 2 aromatic heterocycles. The van der Waals surface area contributed by atoms with E-state index in [2.05, 4.69) is 10.3 Å². The molecule has 0 radical (unpaired) electrons. The SMILES string of the molecule is CNC(Cc1cccnc1)c1ccc(Cl)o1. The zero-order valence-electron chi connectivity index (χ0n) is 8.98. The molecule has 0 fully saturated rings. The number of rotatable bonds is 4. The van der Waals surface area contributed by atoms with Crippen molar-refractivity contribution in [2.45, 2.75) is 12.5 Å². The van der Waals surface area contributed by atoms with Crippen molar-refractivity contribution < 1.29 is 4.42 Å². The molecule has 0 saturated heterocycles. The van der Waals surface area contributed by atoms with E-state index in [0.29, 0.717) is 5.22 Å². The van der Waals surface area contributed by atoms with E-state index >= 15 is 0 Å². The fourth-order valence-electron chi connectivity index (χ4n) is 1.62. The normalized spacial score (nSPS) is 12.6. The predicted molar refractivity (Wildman–Crippen MR) is 63.5 cm³/mol. The van der Waals surface area contributed by atoms with E-state index in [0.717, 1.165) is 17.7 Å². The molecule has 0 aliphatic rings. The summed E-state index contributed by atoms with van der Waals surface area (Å²) in [6.07, 6.45) is 4.45. The van der Waals surface area contributed by atoms with Crippen LogP contribution in [0.1, 0.15) is 17.4 Å². The van der Waals surface area contributed by atoms with E-state index < -0.39 is 0 Å². The fraction of sp³-hybridized carbons (Fsp3) is 0.250. The topological polar surface area (TPSA) is 38.1 Å². The smallest absolute Gasteiger partial charge is 0.193 e. The van der Waals surface area contributed by atoms with Crippen LogP contribution in [0.4, 0.5) is 0 Å². The first-order chi connectivity index (χ1) is 7.79. The summed E-state index contributed by atoms with van der Waals surface area (Å²) < 4.78 is 5.39. The van der Waals surface area contributed by atoms with Crippen LogP contribution in [0, 0.1) is 0 Å². The monoisotopic (exact) mass is 236 g/mol. The Morgan fingerprint density at radius 3 is 2.88 bits per heavy atom. The molecule has 1 N–H and O–H groups in total. The summed E-state index contributed by atoms with van der Waals surface area (Å²) >= 11 is 5.76. The van der Waals surface area contributed by atoms with Gasteiger partial charge in [-0.1, -0.05) is 6.07 Å². The first-order valence-corrected chi connectivity index (χ1v) is 5.49. The van der Waals surface area contributed by atoms with Crippen molar-refractivity contribution in [3.63, 3.8) is 0 Å². The molecule has 0 amide bonds. The zero-order chi connectivity index (χ0) is 11.4. The summed E-state index contributed by atoms with van der Waals surface area (Å²) in [7, 11) is 1.90. The van der Waals surface area contributed by atoms with Crippen molar-refractivity contribution in [1.29, 1.82) is 0 Å². The minimum atomic E-state index is 0.122. The Hall–Kier alpha value is -1.32. The highest BCUT2D eigenvalue weighted by Gasteiger charge is 2.13. The van der Waals surface area contributed by atoms with Gasteiger partial charge >= 0.3 is 0 Å². The Morgan fingerprint density at radius 2 is 2.31 bits per heavy atom.